The number of hydrogen-bond donors (Lipinski definition) is 0. The number of rotatable bonds is 2. The summed E-state index contributed by atoms with van der Waals surface area (Å²) in [6.45, 7) is 5.84. The predicted molar refractivity (Wildman–Crippen MR) is 92.2 cm³/mol. The third kappa shape index (κ3) is 3.80. The van der Waals surface area contributed by atoms with Gasteiger partial charge in [-0.1, -0.05) is 6.07 Å². The summed E-state index contributed by atoms with van der Waals surface area (Å²) >= 11 is 0. The Morgan fingerprint density at radius 2 is 1.92 bits per heavy atom. The highest BCUT2D eigenvalue weighted by Gasteiger charge is 2.39. The summed E-state index contributed by atoms with van der Waals surface area (Å²) in [4.78, 5) is 28.4. The van der Waals surface area contributed by atoms with Gasteiger partial charge in [0, 0.05) is 26.3 Å². The molecule has 0 saturated carbocycles. The average Bonchev–Trinajstić information content (AvgIpc) is 2.50. The van der Waals surface area contributed by atoms with Crippen LogP contribution < -0.4 is 4.90 Å². The van der Waals surface area contributed by atoms with Crippen LogP contribution in [0, 0.1) is 0 Å². The number of esters is 1. The number of carbonyl (C=O) groups is 2. The molecule has 1 aliphatic rings. The minimum atomic E-state index is -0.784. The monoisotopic (exact) mass is 334 g/mol. The van der Waals surface area contributed by atoms with Gasteiger partial charge in [0.05, 0.1) is 7.11 Å². The van der Waals surface area contributed by atoms with E-state index >= 15 is 0 Å². The van der Waals surface area contributed by atoms with Crippen molar-refractivity contribution in [2.24, 2.45) is 0 Å². The van der Waals surface area contributed by atoms with Crippen molar-refractivity contribution >= 4 is 17.7 Å². The summed E-state index contributed by atoms with van der Waals surface area (Å²) in [5, 5.41) is 0. The van der Waals surface area contributed by atoms with E-state index in [2.05, 4.69) is 0 Å². The van der Waals surface area contributed by atoms with Crippen LogP contribution in [0.15, 0.2) is 18.2 Å². The number of fused-ring (bicyclic) bond motifs is 1. The molecule has 1 unspecified atom stereocenters. The largest absolute Gasteiger partial charge is 0.467 e. The van der Waals surface area contributed by atoms with E-state index in [1.165, 1.54) is 12.0 Å². The number of nitrogens with zero attached hydrogens (tertiary/aromatic N) is 2. The molecule has 0 N–H and O–H groups in total. The molecule has 24 heavy (non-hydrogen) atoms. The molecule has 1 aromatic carbocycles. The van der Waals surface area contributed by atoms with Crippen LogP contribution in [0.4, 0.5) is 10.5 Å². The van der Waals surface area contributed by atoms with Gasteiger partial charge in [0.15, 0.2) is 6.04 Å². The lowest BCUT2D eigenvalue weighted by atomic mass is 9.92. The number of hydrogen-bond acceptors (Lipinski definition) is 5. The van der Waals surface area contributed by atoms with Gasteiger partial charge in [-0.25, -0.2) is 9.59 Å². The van der Waals surface area contributed by atoms with E-state index in [1.54, 1.807) is 20.8 Å². The zero-order chi connectivity index (χ0) is 18.1. The Morgan fingerprint density at radius 3 is 2.46 bits per heavy atom. The van der Waals surface area contributed by atoms with Gasteiger partial charge in [-0.05, 0) is 50.5 Å². The van der Waals surface area contributed by atoms with Crippen LogP contribution in [0.3, 0.4) is 0 Å². The molecule has 1 aromatic rings. The average molecular weight is 334 g/mol. The summed E-state index contributed by atoms with van der Waals surface area (Å²) in [5.74, 6) is -0.460. The van der Waals surface area contributed by atoms with E-state index in [9.17, 15) is 9.59 Å². The fourth-order valence-electron chi connectivity index (χ4n) is 2.76. The molecule has 1 atom stereocenters. The smallest absolute Gasteiger partial charge is 0.411 e. The highest BCUT2D eigenvalue weighted by molar-refractivity contribution is 5.84. The molecular weight excluding hydrogens is 308 g/mol. The van der Waals surface area contributed by atoms with Crippen molar-refractivity contribution in [3.8, 4) is 0 Å². The van der Waals surface area contributed by atoms with Crippen molar-refractivity contribution in [2.75, 3.05) is 32.6 Å². The molecule has 0 bridgehead atoms. The minimum Gasteiger partial charge on any atom is -0.467 e. The number of amides is 1. The highest BCUT2D eigenvalue weighted by atomic mass is 16.6. The molecule has 0 radical (unpaired) electrons. The Bertz CT molecular complexity index is 634. The normalized spacial score (nSPS) is 17.1. The molecule has 6 nitrogen and oxygen atoms in total. The van der Waals surface area contributed by atoms with E-state index in [-0.39, 0.29) is 0 Å². The van der Waals surface area contributed by atoms with E-state index < -0.39 is 23.7 Å². The summed E-state index contributed by atoms with van der Waals surface area (Å²) in [6.07, 6.45) is 0.175. The van der Waals surface area contributed by atoms with Crippen molar-refractivity contribution in [1.29, 1.82) is 0 Å². The molecule has 6 heteroatoms. The Hall–Kier alpha value is -2.24. The molecule has 0 spiro atoms. The molecule has 0 fully saturated rings. The van der Waals surface area contributed by atoms with Crippen LogP contribution in [0.2, 0.25) is 0 Å². The van der Waals surface area contributed by atoms with Gasteiger partial charge in [0.1, 0.15) is 5.60 Å². The molecule has 1 amide bonds. The van der Waals surface area contributed by atoms with E-state index in [4.69, 9.17) is 9.47 Å². The van der Waals surface area contributed by atoms with E-state index in [1.807, 2.05) is 37.2 Å². The molecule has 2 rings (SSSR count). The summed E-state index contributed by atoms with van der Waals surface area (Å²) in [7, 11) is 5.20. The number of ether oxygens (including phenoxy) is 2. The maximum atomic E-state index is 12.6. The lowest BCUT2D eigenvalue weighted by Gasteiger charge is -2.36. The molecule has 132 valence electrons. The van der Waals surface area contributed by atoms with Crippen LogP contribution in [0.5, 0.6) is 0 Å². The highest BCUT2D eigenvalue weighted by Crippen LogP contribution is 2.34. The lowest BCUT2D eigenvalue weighted by molar-refractivity contribution is -0.147. The van der Waals surface area contributed by atoms with Gasteiger partial charge in [0.25, 0.3) is 0 Å². The zero-order valence-electron chi connectivity index (χ0n) is 15.3. The van der Waals surface area contributed by atoms with Crippen molar-refractivity contribution in [1.82, 2.24) is 4.90 Å². The van der Waals surface area contributed by atoms with Crippen LogP contribution in [-0.4, -0.2) is 50.3 Å². The van der Waals surface area contributed by atoms with Crippen LogP contribution in [0.1, 0.15) is 37.9 Å². The molecule has 0 aliphatic carbocycles. The van der Waals surface area contributed by atoms with Gasteiger partial charge >= 0.3 is 12.1 Å². The Morgan fingerprint density at radius 1 is 1.25 bits per heavy atom. The van der Waals surface area contributed by atoms with Crippen LogP contribution in [-0.2, 0) is 20.7 Å². The fraction of sp³-hybridized carbons (Fsp3) is 0.556. The molecule has 1 aliphatic heterocycles. The zero-order valence-corrected chi connectivity index (χ0v) is 15.3. The summed E-state index contributed by atoms with van der Waals surface area (Å²) < 4.78 is 10.4. The molecular formula is C18H26N2O4. The quantitative estimate of drug-likeness (QED) is 0.778. The van der Waals surface area contributed by atoms with Crippen molar-refractivity contribution < 1.29 is 19.1 Å². The van der Waals surface area contributed by atoms with Gasteiger partial charge in [-0.15, -0.1) is 0 Å². The first kappa shape index (κ1) is 18.1. The van der Waals surface area contributed by atoms with Crippen LogP contribution in [0.25, 0.3) is 0 Å². The summed E-state index contributed by atoms with van der Waals surface area (Å²) in [6, 6.07) is 5.17. The molecule has 0 aromatic heterocycles. The number of methoxy groups -OCH3 is 1. The molecule has 0 saturated heterocycles. The standard InChI is InChI=1S/C18H26N2O4/c1-18(2,3)24-17(22)20-10-9-12-7-8-13(19(4)5)11-14(12)15(20)16(21)23-6/h7-8,11,15H,9-10H2,1-6H3. The van der Waals surface area contributed by atoms with Gasteiger partial charge in [-0.2, -0.15) is 0 Å². The second-order valence-corrected chi connectivity index (χ2v) is 7.13. The maximum absolute atomic E-state index is 12.6. The first-order chi connectivity index (χ1) is 11.1. The first-order valence-electron chi connectivity index (χ1n) is 8.01. The van der Waals surface area contributed by atoms with E-state index in [0.29, 0.717) is 13.0 Å². The first-order valence-corrected chi connectivity index (χ1v) is 8.01. The van der Waals surface area contributed by atoms with Crippen molar-refractivity contribution in [3.63, 3.8) is 0 Å². The number of carbonyl (C=O) groups excluding carboxylic acids is 2. The Labute approximate surface area is 143 Å². The predicted octanol–water partition coefficient (Wildman–Crippen LogP) is 2.76. The maximum Gasteiger partial charge on any atom is 0.411 e. The van der Waals surface area contributed by atoms with Gasteiger partial charge in [-0.3, -0.25) is 4.90 Å². The van der Waals surface area contributed by atoms with Crippen molar-refractivity contribution in [2.45, 2.75) is 38.8 Å². The summed E-state index contributed by atoms with van der Waals surface area (Å²) in [5.41, 5.74) is 2.19. The fourth-order valence-corrected chi connectivity index (χ4v) is 2.76. The number of anilines is 1. The Balaban J connectivity index is 2.43. The van der Waals surface area contributed by atoms with Gasteiger partial charge < -0.3 is 14.4 Å². The third-order valence-corrected chi connectivity index (χ3v) is 3.93. The topological polar surface area (TPSA) is 59.1 Å². The number of benzene rings is 1. The molecule has 1 heterocycles. The lowest BCUT2D eigenvalue weighted by Crippen LogP contribution is -2.46. The SMILES string of the molecule is COC(=O)C1c2cc(N(C)C)ccc2CCN1C(=O)OC(C)(C)C. The Kier molecular flexibility index (Phi) is 5.06. The third-order valence-electron chi connectivity index (χ3n) is 3.93. The van der Waals surface area contributed by atoms with E-state index in [0.717, 1.165) is 16.8 Å². The van der Waals surface area contributed by atoms with Gasteiger partial charge in [0.2, 0.25) is 0 Å². The van der Waals surface area contributed by atoms with Crippen LogP contribution >= 0.6 is 0 Å². The second-order valence-electron chi connectivity index (χ2n) is 7.13. The minimum absolute atomic E-state index is 0.420. The van der Waals surface area contributed by atoms with Crippen molar-refractivity contribution in [3.05, 3.63) is 29.3 Å². The second kappa shape index (κ2) is 6.71.